The van der Waals surface area contributed by atoms with Crippen molar-refractivity contribution in [1.82, 2.24) is 5.32 Å². The van der Waals surface area contributed by atoms with E-state index in [1.54, 1.807) is 46.8 Å². The molecule has 28 heavy (non-hydrogen) atoms. The first-order chi connectivity index (χ1) is 13.2. The molecule has 0 saturated heterocycles. The van der Waals surface area contributed by atoms with Gasteiger partial charge in [0.1, 0.15) is 5.60 Å². The fourth-order valence-electron chi connectivity index (χ4n) is 2.32. The molecule has 0 aliphatic heterocycles. The Bertz CT molecular complexity index is 660. The Morgan fingerprint density at radius 1 is 1.00 bits per heavy atom. The average Bonchev–Trinajstić information content (AvgIpc) is 2.59. The van der Waals surface area contributed by atoms with Crippen LogP contribution >= 0.6 is 0 Å². The van der Waals surface area contributed by atoms with Gasteiger partial charge in [0.25, 0.3) is 0 Å². The number of rotatable bonds is 8. The zero-order valence-corrected chi connectivity index (χ0v) is 17.1. The molecule has 1 aromatic carbocycles. The molecule has 0 heterocycles. The SMILES string of the molecule is CCOC(=O)C(C(=O)OCC)C(/C=C/c1ccccc1)NC(=O)OC(C)(C)C. The van der Waals surface area contributed by atoms with Gasteiger partial charge in [-0.3, -0.25) is 9.59 Å². The summed E-state index contributed by atoms with van der Waals surface area (Å²) in [5.41, 5.74) is 0.103. The summed E-state index contributed by atoms with van der Waals surface area (Å²) in [4.78, 5) is 37.1. The highest BCUT2D eigenvalue weighted by Gasteiger charge is 2.38. The molecule has 1 atom stereocenters. The summed E-state index contributed by atoms with van der Waals surface area (Å²) in [6.45, 7) is 8.61. The smallest absolute Gasteiger partial charge is 0.408 e. The van der Waals surface area contributed by atoms with E-state index in [1.807, 2.05) is 30.3 Å². The predicted octanol–water partition coefficient (Wildman–Crippen LogP) is 3.34. The average molecular weight is 391 g/mol. The minimum absolute atomic E-state index is 0.0935. The molecule has 0 radical (unpaired) electrons. The quantitative estimate of drug-likeness (QED) is 0.415. The highest BCUT2D eigenvalue weighted by molar-refractivity contribution is 5.96. The van der Waals surface area contributed by atoms with E-state index < -0.39 is 35.6 Å². The number of carbonyl (C=O) groups excluding carboxylic acids is 3. The number of carbonyl (C=O) groups is 3. The summed E-state index contributed by atoms with van der Waals surface area (Å²) in [6.07, 6.45) is 2.50. The first-order valence-electron chi connectivity index (χ1n) is 9.24. The van der Waals surface area contributed by atoms with E-state index in [2.05, 4.69) is 5.32 Å². The number of nitrogens with one attached hydrogen (secondary N) is 1. The molecule has 0 spiro atoms. The van der Waals surface area contributed by atoms with Crippen molar-refractivity contribution in [1.29, 1.82) is 0 Å². The van der Waals surface area contributed by atoms with Gasteiger partial charge in [-0.2, -0.15) is 0 Å². The lowest BCUT2D eigenvalue weighted by Crippen LogP contribution is -2.48. The van der Waals surface area contributed by atoms with Crippen LogP contribution in [0.3, 0.4) is 0 Å². The van der Waals surface area contributed by atoms with Crippen molar-refractivity contribution in [3.63, 3.8) is 0 Å². The van der Waals surface area contributed by atoms with Crippen LogP contribution in [0.15, 0.2) is 36.4 Å². The van der Waals surface area contributed by atoms with Gasteiger partial charge < -0.3 is 19.5 Å². The third-order valence-electron chi connectivity index (χ3n) is 3.42. The minimum Gasteiger partial charge on any atom is -0.465 e. The highest BCUT2D eigenvalue weighted by Crippen LogP contribution is 2.15. The third kappa shape index (κ3) is 8.24. The fourth-order valence-corrected chi connectivity index (χ4v) is 2.32. The Morgan fingerprint density at radius 2 is 1.54 bits per heavy atom. The molecule has 7 heteroatoms. The van der Waals surface area contributed by atoms with Gasteiger partial charge in [-0.1, -0.05) is 42.5 Å². The van der Waals surface area contributed by atoms with Crippen molar-refractivity contribution >= 4 is 24.1 Å². The summed E-state index contributed by atoms with van der Waals surface area (Å²) in [6, 6.07) is 8.27. The summed E-state index contributed by atoms with van der Waals surface area (Å²) in [7, 11) is 0. The largest absolute Gasteiger partial charge is 0.465 e. The molecule has 0 aliphatic rings. The van der Waals surface area contributed by atoms with Crippen LogP contribution in [-0.2, 0) is 23.8 Å². The molecule has 1 N–H and O–H groups in total. The molecule has 0 fully saturated rings. The summed E-state index contributed by atoms with van der Waals surface area (Å²) >= 11 is 0. The van der Waals surface area contributed by atoms with Crippen LogP contribution in [-0.4, -0.2) is 42.9 Å². The maximum absolute atomic E-state index is 12.4. The minimum atomic E-state index is -1.35. The second kappa shape index (κ2) is 11.1. The van der Waals surface area contributed by atoms with Crippen LogP contribution in [0.25, 0.3) is 6.08 Å². The third-order valence-corrected chi connectivity index (χ3v) is 3.42. The molecule has 1 amide bonds. The number of hydrogen-bond donors (Lipinski definition) is 1. The summed E-state index contributed by atoms with van der Waals surface area (Å²) in [5, 5.41) is 2.57. The molecule has 0 saturated carbocycles. The standard InChI is InChI=1S/C21H29NO6/c1-6-26-18(23)17(19(24)27-7-2)16(22-20(25)28-21(3,4)5)14-13-15-11-9-8-10-12-15/h8-14,16-17H,6-7H2,1-5H3,(H,22,25)/b14-13+. The van der Waals surface area contributed by atoms with E-state index in [0.717, 1.165) is 5.56 Å². The van der Waals surface area contributed by atoms with Gasteiger partial charge in [-0.25, -0.2) is 4.79 Å². The highest BCUT2D eigenvalue weighted by atomic mass is 16.6. The number of amides is 1. The number of esters is 2. The van der Waals surface area contributed by atoms with Crippen LogP contribution in [0.2, 0.25) is 0 Å². The van der Waals surface area contributed by atoms with Crippen molar-refractivity contribution in [2.24, 2.45) is 5.92 Å². The van der Waals surface area contributed by atoms with E-state index in [4.69, 9.17) is 14.2 Å². The Hall–Kier alpha value is -2.83. The van der Waals surface area contributed by atoms with Crippen LogP contribution < -0.4 is 5.32 Å². The van der Waals surface area contributed by atoms with Gasteiger partial charge in [0.05, 0.1) is 19.3 Å². The molecule has 1 aromatic rings. The maximum Gasteiger partial charge on any atom is 0.408 e. The number of alkyl carbamates (subject to hydrolysis) is 1. The number of hydrogen-bond acceptors (Lipinski definition) is 6. The molecule has 154 valence electrons. The van der Waals surface area contributed by atoms with E-state index in [1.165, 1.54) is 0 Å². The van der Waals surface area contributed by atoms with Gasteiger partial charge in [0.15, 0.2) is 5.92 Å². The monoisotopic (exact) mass is 391 g/mol. The molecule has 7 nitrogen and oxygen atoms in total. The van der Waals surface area contributed by atoms with Crippen LogP contribution in [0.1, 0.15) is 40.2 Å². The van der Waals surface area contributed by atoms with Gasteiger partial charge in [-0.05, 0) is 40.2 Å². The van der Waals surface area contributed by atoms with Crippen molar-refractivity contribution in [3.8, 4) is 0 Å². The fraction of sp³-hybridized carbons (Fsp3) is 0.476. The molecule has 0 aromatic heterocycles. The Balaban J connectivity index is 3.18. The Labute approximate surface area is 166 Å². The summed E-state index contributed by atoms with van der Waals surface area (Å²) in [5.74, 6) is -2.91. The first kappa shape index (κ1) is 23.2. The molecular formula is C21H29NO6. The van der Waals surface area contributed by atoms with Gasteiger partial charge >= 0.3 is 18.0 Å². The Kier molecular flexibility index (Phi) is 9.21. The summed E-state index contributed by atoms with van der Waals surface area (Å²) < 4.78 is 15.3. The van der Waals surface area contributed by atoms with E-state index in [-0.39, 0.29) is 13.2 Å². The van der Waals surface area contributed by atoms with Crippen molar-refractivity contribution in [2.45, 2.75) is 46.3 Å². The van der Waals surface area contributed by atoms with Crippen LogP contribution in [0.4, 0.5) is 4.79 Å². The second-order valence-corrected chi connectivity index (χ2v) is 6.92. The molecule has 0 bridgehead atoms. The van der Waals surface area contributed by atoms with Crippen molar-refractivity contribution in [2.75, 3.05) is 13.2 Å². The van der Waals surface area contributed by atoms with Crippen LogP contribution in [0, 0.1) is 5.92 Å². The van der Waals surface area contributed by atoms with E-state index in [9.17, 15) is 14.4 Å². The predicted molar refractivity (Wildman–Crippen MR) is 105 cm³/mol. The first-order valence-corrected chi connectivity index (χ1v) is 9.24. The normalized spacial score (nSPS) is 12.5. The lowest BCUT2D eigenvalue weighted by Gasteiger charge is -2.25. The van der Waals surface area contributed by atoms with Gasteiger partial charge in [-0.15, -0.1) is 0 Å². The maximum atomic E-state index is 12.4. The zero-order chi connectivity index (χ0) is 21.2. The lowest BCUT2D eigenvalue weighted by molar-refractivity contribution is -0.162. The molecule has 1 unspecified atom stereocenters. The number of ether oxygens (including phenoxy) is 3. The number of benzene rings is 1. The van der Waals surface area contributed by atoms with Crippen molar-refractivity contribution < 1.29 is 28.6 Å². The van der Waals surface area contributed by atoms with Gasteiger partial charge in [0, 0.05) is 0 Å². The van der Waals surface area contributed by atoms with Crippen molar-refractivity contribution in [3.05, 3.63) is 42.0 Å². The topological polar surface area (TPSA) is 90.9 Å². The molecular weight excluding hydrogens is 362 g/mol. The lowest BCUT2D eigenvalue weighted by atomic mass is 9.98. The zero-order valence-electron chi connectivity index (χ0n) is 17.1. The van der Waals surface area contributed by atoms with E-state index in [0.29, 0.717) is 0 Å². The van der Waals surface area contributed by atoms with E-state index >= 15 is 0 Å². The Morgan fingerprint density at radius 3 is 2.00 bits per heavy atom. The molecule has 1 rings (SSSR count). The van der Waals surface area contributed by atoms with Gasteiger partial charge in [0.2, 0.25) is 0 Å². The van der Waals surface area contributed by atoms with Crippen LogP contribution in [0.5, 0.6) is 0 Å². The molecule has 0 aliphatic carbocycles. The second-order valence-electron chi connectivity index (χ2n) is 6.92.